The number of hydrogen-bond donors (Lipinski definition) is 1. The summed E-state index contributed by atoms with van der Waals surface area (Å²) in [6.45, 7) is 1.31. The molecule has 0 aliphatic rings. The topological polar surface area (TPSA) is 30.5 Å². The Hall–Kier alpha value is -1.46. The van der Waals surface area contributed by atoms with Gasteiger partial charge in [-0.25, -0.2) is 0 Å². The molecule has 1 rings (SSSR count). The number of halogens is 2. The Bertz CT molecular complexity index is 422. The zero-order valence-corrected chi connectivity index (χ0v) is 11.9. The second-order valence-corrected chi connectivity index (χ2v) is 4.24. The van der Waals surface area contributed by atoms with E-state index in [4.69, 9.17) is 4.74 Å². The standard InChI is InChI=1S/C15H21F2NO2/c1-3-12(11-18-8-9-19-2)10-13-6-4-5-7-14(13)20-15(16)17/h4-7,10,15,18H,3,8-9,11H2,1-2H3. The van der Waals surface area contributed by atoms with E-state index >= 15 is 0 Å². The quantitative estimate of drug-likeness (QED) is 0.706. The van der Waals surface area contributed by atoms with Gasteiger partial charge < -0.3 is 14.8 Å². The first kappa shape index (κ1) is 16.6. The molecule has 0 radical (unpaired) electrons. The second-order valence-electron chi connectivity index (χ2n) is 4.24. The fourth-order valence-electron chi connectivity index (χ4n) is 1.72. The first-order valence-electron chi connectivity index (χ1n) is 6.60. The van der Waals surface area contributed by atoms with E-state index in [0.29, 0.717) is 18.7 Å². The van der Waals surface area contributed by atoms with Gasteiger partial charge >= 0.3 is 6.61 Å². The van der Waals surface area contributed by atoms with E-state index in [-0.39, 0.29) is 5.75 Å². The molecular weight excluding hydrogens is 264 g/mol. The van der Waals surface area contributed by atoms with E-state index in [9.17, 15) is 8.78 Å². The molecule has 1 N–H and O–H groups in total. The highest BCUT2D eigenvalue weighted by atomic mass is 19.3. The van der Waals surface area contributed by atoms with Crippen molar-refractivity contribution in [3.63, 3.8) is 0 Å². The Morgan fingerprint density at radius 3 is 2.75 bits per heavy atom. The molecule has 0 aliphatic heterocycles. The van der Waals surface area contributed by atoms with Gasteiger partial charge in [0.15, 0.2) is 0 Å². The van der Waals surface area contributed by atoms with Crippen molar-refractivity contribution in [1.82, 2.24) is 5.32 Å². The molecule has 0 aromatic heterocycles. The zero-order valence-electron chi connectivity index (χ0n) is 11.9. The maximum absolute atomic E-state index is 12.3. The first-order valence-corrected chi connectivity index (χ1v) is 6.60. The molecule has 0 atom stereocenters. The van der Waals surface area contributed by atoms with E-state index in [1.807, 2.05) is 13.0 Å². The van der Waals surface area contributed by atoms with Crippen molar-refractivity contribution in [2.75, 3.05) is 26.8 Å². The monoisotopic (exact) mass is 285 g/mol. The fourth-order valence-corrected chi connectivity index (χ4v) is 1.72. The SMILES string of the molecule is CCC(=Cc1ccccc1OC(F)F)CNCCOC. The van der Waals surface area contributed by atoms with Gasteiger partial charge in [-0.1, -0.05) is 36.8 Å². The van der Waals surface area contributed by atoms with Crippen LogP contribution in [0.2, 0.25) is 0 Å². The third-order valence-corrected chi connectivity index (χ3v) is 2.78. The number of alkyl halides is 2. The third kappa shape index (κ3) is 6.12. The number of ether oxygens (including phenoxy) is 2. The lowest BCUT2D eigenvalue weighted by Crippen LogP contribution is -2.21. The van der Waals surface area contributed by atoms with Gasteiger partial charge in [0.2, 0.25) is 0 Å². The van der Waals surface area contributed by atoms with Gasteiger partial charge in [-0.05, 0) is 12.5 Å². The van der Waals surface area contributed by atoms with Crippen LogP contribution in [0.5, 0.6) is 5.75 Å². The summed E-state index contributed by atoms with van der Waals surface area (Å²) in [4.78, 5) is 0. The molecule has 3 nitrogen and oxygen atoms in total. The van der Waals surface area contributed by atoms with E-state index < -0.39 is 6.61 Å². The van der Waals surface area contributed by atoms with Gasteiger partial charge in [0.25, 0.3) is 0 Å². The lowest BCUT2D eigenvalue weighted by Gasteiger charge is -2.10. The Labute approximate surface area is 118 Å². The fraction of sp³-hybridized carbons (Fsp3) is 0.467. The van der Waals surface area contributed by atoms with E-state index in [2.05, 4.69) is 10.1 Å². The van der Waals surface area contributed by atoms with Crippen molar-refractivity contribution in [2.24, 2.45) is 0 Å². The largest absolute Gasteiger partial charge is 0.434 e. The summed E-state index contributed by atoms with van der Waals surface area (Å²) in [6, 6.07) is 6.79. The maximum Gasteiger partial charge on any atom is 0.387 e. The maximum atomic E-state index is 12.3. The minimum atomic E-state index is -2.81. The van der Waals surface area contributed by atoms with Crippen molar-refractivity contribution in [3.05, 3.63) is 35.4 Å². The first-order chi connectivity index (χ1) is 9.67. The molecule has 0 unspecified atom stereocenters. The van der Waals surface area contributed by atoms with Gasteiger partial charge in [0.05, 0.1) is 6.61 Å². The Morgan fingerprint density at radius 1 is 1.35 bits per heavy atom. The molecule has 0 spiro atoms. The summed E-state index contributed by atoms with van der Waals surface area (Å²) in [5.74, 6) is 0.199. The van der Waals surface area contributed by atoms with Crippen LogP contribution in [0, 0.1) is 0 Å². The lowest BCUT2D eigenvalue weighted by molar-refractivity contribution is -0.0499. The van der Waals surface area contributed by atoms with Gasteiger partial charge in [0, 0.05) is 25.8 Å². The van der Waals surface area contributed by atoms with E-state index in [1.165, 1.54) is 0 Å². The molecule has 0 bridgehead atoms. The zero-order chi connectivity index (χ0) is 14.8. The van der Waals surface area contributed by atoms with E-state index in [1.54, 1.807) is 31.4 Å². The molecule has 0 amide bonds. The predicted octanol–water partition coefficient (Wildman–Crippen LogP) is 3.32. The molecule has 5 heteroatoms. The van der Waals surface area contributed by atoms with Crippen LogP contribution in [0.25, 0.3) is 6.08 Å². The summed E-state index contributed by atoms with van der Waals surface area (Å²) in [5.41, 5.74) is 1.78. The number of benzene rings is 1. The average Bonchev–Trinajstić information content (AvgIpc) is 2.43. The van der Waals surface area contributed by atoms with Crippen LogP contribution < -0.4 is 10.1 Å². The molecule has 1 aromatic carbocycles. The molecule has 0 aliphatic carbocycles. The molecule has 0 saturated carbocycles. The normalized spacial score (nSPS) is 11.9. The molecule has 1 aromatic rings. The van der Waals surface area contributed by atoms with Crippen molar-refractivity contribution >= 4 is 6.08 Å². The van der Waals surface area contributed by atoms with Crippen molar-refractivity contribution in [3.8, 4) is 5.75 Å². The van der Waals surface area contributed by atoms with Gasteiger partial charge in [-0.2, -0.15) is 8.78 Å². The van der Waals surface area contributed by atoms with Crippen LogP contribution >= 0.6 is 0 Å². The average molecular weight is 285 g/mol. The van der Waals surface area contributed by atoms with Crippen molar-refractivity contribution in [1.29, 1.82) is 0 Å². The Kier molecular flexibility index (Phi) is 7.84. The molecule has 20 heavy (non-hydrogen) atoms. The number of rotatable bonds is 9. The van der Waals surface area contributed by atoms with Crippen LogP contribution in [0.4, 0.5) is 8.78 Å². The summed E-state index contributed by atoms with van der Waals surface area (Å²) in [6.07, 6.45) is 2.72. The molecule has 0 heterocycles. The number of methoxy groups -OCH3 is 1. The molecule has 0 fully saturated rings. The minimum Gasteiger partial charge on any atom is -0.434 e. The van der Waals surface area contributed by atoms with Crippen LogP contribution in [0.15, 0.2) is 29.8 Å². The number of hydrogen-bond acceptors (Lipinski definition) is 3. The van der Waals surface area contributed by atoms with Crippen LogP contribution in [-0.2, 0) is 4.74 Å². The summed E-state index contributed by atoms with van der Waals surface area (Å²) >= 11 is 0. The van der Waals surface area contributed by atoms with Gasteiger partial charge in [-0.3, -0.25) is 0 Å². The predicted molar refractivity (Wildman–Crippen MR) is 76.1 cm³/mol. The summed E-state index contributed by atoms with van der Waals surface area (Å²) in [5, 5.41) is 3.24. The van der Waals surface area contributed by atoms with Crippen LogP contribution in [0.1, 0.15) is 18.9 Å². The van der Waals surface area contributed by atoms with Crippen molar-refractivity contribution < 1.29 is 18.3 Å². The minimum absolute atomic E-state index is 0.199. The third-order valence-electron chi connectivity index (χ3n) is 2.78. The molecule has 112 valence electrons. The molecular formula is C15H21F2NO2. The highest BCUT2D eigenvalue weighted by molar-refractivity contribution is 5.60. The molecule has 0 saturated heterocycles. The van der Waals surface area contributed by atoms with Crippen LogP contribution in [0.3, 0.4) is 0 Å². The Balaban J connectivity index is 2.73. The second kappa shape index (κ2) is 9.44. The lowest BCUT2D eigenvalue weighted by atomic mass is 10.1. The van der Waals surface area contributed by atoms with Gasteiger partial charge in [0.1, 0.15) is 5.75 Å². The summed E-state index contributed by atoms with van der Waals surface area (Å²) < 4.78 is 34.1. The van der Waals surface area contributed by atoms with E-state index in [0.717, 1.165) is 18.5 Å². The number of para-hydroxylation sites is 1. The van der Waals surface area contributed by atoms with Crippen molar-refractivity contribution in [2.45, 2.75) is 20.0 Å². The van der Waals surface area contributed by atoms with Gasteiger partial charge in [-0.15, -0.1) is 0 Å². The Morgan fingerprint density at radius 2 is 2.10 bits per heavy atom. The highest BCUT2D eigenvalue weighted by Gasteiger charge is 2.08. The van der Waals surface area contributed by atoms with Crippen LogP contribution in [-0.4, -0.2) is 33.4 Å². The summed E-state index contributed by atoms with van der Waals surface area (Å²) in [7, 11) is 1.65. The highest BCUT2D eigenvalue weighted by Crippen LogP contribution is 2.23. The smallest absolute Gasteiger partial charge is 0.387 e. The number of nitrogens with one attached hydrogen (secondary N) is 1.